The summed E-state index contributed by atoms with van der Waals surface area (Å²) in [5.74, 6) is 0.902. The second kappa shape index (κ2) is 10.7. The largest absolute Gasteiger partial charge is 0.444 e. The third-order valence-corrected chi connectivity index (χ3v) is 7.74. The van der Waals surface area contributed by atoms with Crippen molar-refractivity contribution in [2.24, 2.45) is 5.92 Å². The average molecular weight is 551 g/mol. The first-order chi connectivity index (χ1) is 18.6. The molecule has 0 radical (unpaired) electrons. The number of aryl methyl sites for hydroxylation is 1. The highest BCUT2D eigenvalue weighted by atomic mass is 32.1. The molecule has 4 aromatic rings. The Morgan fingerprint density at radius 3 is 2.77 bits per heavy atom. The maximum Gasteiger partial charge on any atom is 0.407 e. The molecule has 0 saturated heterocycles. The van der Waals surface area contributed by atoms with Crippen LogP contribution in [0.15, 0.2) is 24.7 Å². The molecule has 0 saturated carbocycles. The molecule has 206 valence electrons. The summed E-state index contributed by atoms with van der Waals surface area (Å²) < 4.78 is 5.31. The van der Waals surface area contributed by atoms with Gasteiger partial charge in [-0.3, -0.25) is 9.89 Å². The molecule has 12 heteroatoms. The number of ether oxygens (including phenoxy) is 1. The summed E-state index contributed by atoms with van der Waals surface area (Å²) in [6.07, 6.45) is 5.24. The van der Waals surface area contributed by atoms with E-state index >= 15 is 0 Å². The van der Waals surface area contributed by atoms with Crippen molar-refractivity contribution in [3.05, 3.63) is 35.1 Å². The number of fused-ring (bicyclic) bond motifs is 4. The van der Waals surface area contributed by atoms with Gasteiger partial charge in [0.05, 0.1) is 28.5 Å². The number of amides is 2. The molecule has 0 fully saturated rings. The summed E-state index contributed by atoms with van der Waals surface area (Å²) >= 11 is 1.64. The molecule has 39 heavy (non-hydrogen) atoms. The van der Waals surface area contributed by atoms with Crippen LogP contribution in [0.4, 0.5) is 22.0 Å². The number of rotatable bonds is 7. The van der Waals surface area contributed by atoms with E-state index in [9.17, 15) is 9.59 Å². The molecule has 5 rings (SSSR count). The molecule has 0 spiro atoms. The lowest BCUT2D eigenvalue weighted by atomic mass is 9.87. The number of anilines is 3. The first kappa shape index (κ1) is 26.7. The summed E-state index contributed by atoms with van der Waals surface area (Å²) in [5.41, 5.74) is 3.23. The van der Waals surface area contributed by atoms with Crippen molar-refractivity contribution in [3.63, 3.8) is 0 Å². The summed E-state index contributed by atoms with van der Waals surface area (Å²) in [5, 5.41) is 18.9. The van der Waals surface area contributed by atoms with E-state index in [2.05, 4.69) is 36.1 Å². The van der Waals surface area contributed by atoms with E-state index < -0.39 is 11.7 Å². The third-order valence-electron chi connectivity index (χ3n) is 6.58. The first-order valence-corrected chi connectivity index (χ1v) is 13.8. The Kier molecular flexibility index (Phi) is 7.30. The number of carbonyl (C=O) groups excluding carboxylic acids is 2. The highest BCUT2D eigenvalue weighted by Crippen LogP contribution is 2.41. The maximum atomic E-state index is 12.6. The fraction of sp³-hybridized carbons (Fsp3) is 0.444. The third kappa shape index (κ3) is 5.90. The number of hydrogen-bond acceptors (Lipinski definition) is 9. The number of carbonyl (C=O) groups is 2. The Morgan fingerprint density at radius 2 is 2.00 bits per heavy atom. The number of nitrogens with one attached hydrogen (secondary N) is 4. The molecule has 11 nitrogen and oxygen atoms in total. The summed E-state index contributed by atoms with van der Waals surface area (Å²) in [4.78, 5) is 37.6. The van der Waals surface area contributed by atoms with Crippen LogP contribution in [0, 0.1) is 5.92 Å². The number of aromatic amines is 1. The number of benzene rings is 1. The molecular formula is C27H34N8O3S. The molecule has 2 amide bonds. The van der Waals surface area contributed by atoms with Crippen molar-refractivity contribution >= 4 is 61.6 Å². The SMILES string of the molecule is CN(C)C(=O)[C@H]1CCc2c(sc3ncnc(Nc4cc5cn[nH]c5cc4NCCNC(=O)OC(C)(C)C)c23)C1. The molecular weight excluding hydrogens is 516 g/mol. The first-order valence-electron chi connectivity index (χ1n) is 13.0. The molecule has 1 aliphatic rings. The predicted octanol–water partition coefficient (Wildman–Crippen LogP) is 4.44. The van der Waals surface area contributed by atoms with Crippen LogP contribution in [-0.4, -0.2) is 69.9 Å². The summed E-state index contributed by atoms with van der Waals surface area (Å²) in [7, 11) is 3.62. The molecule has 1 aliphatic carbocycles. The van der Waals surface area contributed by atoms with E-state index in [-0.39, 0.29) is 11.8 Å². The van der Waals surface area contributed by atoms with Gasteiger partial charge in [0.1, 0.15) is 22.6 Å². The van der Waals surface area contributed by atoms with Crippen LogP contribution < -0.4 is 16.0 Å². The Labute approximate surface area is 230 Å². The predicted molar refractivity (Wildman–Crippen MR) is 154 cm³/mol. The van der Waals surface area contributed by atoms with Gasteiger partial charge in [0.15, 0.2) is 0 Å². The van der Waals surface area contributed by atoms with Gasteiger partial charge in [0, 0.05) is 43.4 Å². The van der Waals surface area contributed by atoms with Gasteiger partial charge in [0.2, 0.25) is 5.91 Å². The minimum atomic E-state index is -0.549. The van der Waals surface area contributed by atoms with Gasteiger partial charge in [-0.1, -0.05) is 0 Å². The van der Waals surface area contributed by atoms with Gasteiger partial charge in [-0.25, -0.2) is 14.8 Å². The zero-order chi connectivity index (χ0) is 27.7. The van der Waals surface area contributed by atoms with Gasteiger partial charge in [0.25, 0.3) is 0 Å². The van der Waals surface area contributed by atoms with E-state index in [1.807, 2.05) is 47.0 Å². The minimum absolute atomic E-state index is 0.00137. The lowest BCUT2D eigenvalue weighted by Crippen LogP contribution is -2.35. The van der Waals surface area contributed by atoms with Gasteiger partial charge in [-0.2, -0.15) is 5.10 Å². The van der Waals surface area contributed by atoms with Crippen molar-refractivity contribution in [2.45, 2.75) is 45.6 Å². The lowest BCUT2D eigenvalue weighted by Gasteiger charge is -2.24. The van der Waals surface area contributed by atoms with Crippen LogP contribution in [0.25, 0.3) is 21.1 Å². The number of H-pyrrole nitrogens is 1. The van der Waals surface area contributed by atoms with Crippen LogP contribution in [0.3, 0.4) is 0 Å². The van der Waals surface area contributed by atoms with E-state index in [0.29, 0.717) is 13.1 Å². The van der Waals surface area contributed by atoms with E-state index in [1.165, 1.54) is 10.4 Å². The molecule has 1 aromatic carbocycles. The fourth-order valence-corrected chi connectivity index (χ4v) is 6.09. The number of nitrogens with zero attached hydrogens (tertiary/aromatic N) is 4. The highest BCUT2D eigenvalue weighted by molar-refractivity contribution is 7.19. The second-order valence-electron chi connectivity index (χ2n) is 10.9. The number of thiophene rings is 1. The van der Waals surface area contributed by atoms with Crippen LogP contribution in [0.5, 0.6) is 0 Å². The smallest absolute Gasteiger partial charge is 0.407 e. The molecule has 0 aliphatic heterocycles. The second-order valence-corrected chi connectivity index (χ2v) is 12.0. The number of hydrogen-bond donors (Lipinski definition) is 4. The van der Waals surface area contributed by atoms with E-state index in [4.69, 9.17) is 4.74 Å². The number of alkyl carbamates (subject to hydrolysis) is 1. The Hall–Kier alpha value is -3.93. The molecule has 0 bridgehead atoms. The molecule has 3 heterocycles. The van der Waals surface area contributed by atoms with Crippen LogP contribution in [0.1, 0.15) is 37.6 Å². The average Bonchev–Trinajstić information content (AvgIpc) is 3.48. The van der Waals surface area contributed by atoms with Crippen molar-refractivity contribution in [1.29, 1.82) is 0 Å². The molecule has 0 unspecified atom stereocenters. The van der Waals surface area contributed by atoms with Gasteiger partial charge >= 0.3 is 6.09 Å². The van der Waals surface area contributed by atoms with E-state index in [1.54, 1.807) is 28.8 Å². The van der Waals surface area contributed by atoms with Gasteiger partial charge in [-0.05, 0) is 57.7 Å². The molecule has 1 atom stereocenters. The van der Waals surface area contributed by atoms with Crippen molar-refractivity contribution < 1.29 is 14.3 Å². The quantitative estimate of drug-likeness (QED) is 0.248. The Morgan fingerprint density at radius 1 is 1.18 bits per heavy atom. The summed E-state index contributed by atoms with van der Waals surface area (Å²) in [6.45, 7) is 6.37. The zero-order valence-electron chi connectivity index (χ0n) is 22.8. The monoisotopic (exact) mass is 550 g/mol. The highest BCUT2D eigenvalue weighted by Gasteiger charge is 2.30. The van der Waals surface area contributed by atoms with Gasteiger partial charge < -0.3 is 25.6 Å². The molecule has 3 aromatic heterocycles. The normalized spacial score (nSPS) is 15.2. The zero-order valence-corrected chi connectivity index (χ0v) is 23.7. The van der Waals surface area contributed by atoms with E-state index in [0.717, 1.165) is 57.6 Å². The fourth-order valence-electron chi connectivity index (χ4n) is 4.83. The van der Waals surface area contributed by atoms with Crippen LogP contribution >= 0.6 is 11.3 Å². The van der Waals surface area contributed by atoms with Crippen LogP contribution in [0.2, 0.25) is 0 Å². The van der Waals surface area contributed by atoms with Crippen molar-refractivity contribution in [3.8, 4) is 0 Å². The van der Waals surface area contributed by atoms with Crippen molar-refractivity contribution in [2.75, 3.05) is 37.8 Å². The minimum Gasteiger partial charge on any atom is -0.444 e. The topological polar surface area (TPSA) is 137 Å². The maximum absolute atomic E-state index is 12.6. The van der Waals surface area contributed by atoms with Gasteiger partial charge in [-0.15, -0.1) is 11.3 Å². The number of aromatic nitrogens is 4. The standard InChI is InChI=1S/C27H34N8O3S/c1-27(2,3)38-26(37)29-9-8-28-19-12-18-16(13-32-34-18)10-20(19)33-23-22-17-7-6-15(25(36)35(4)5)11-21(17)39-24(22)31-14-30-23/h10,12-15,28H,6-9,11H2,1-5H3,(H,29,37)(H,32,34)(H,30,31,33)/t15-/m0/s1. The van der Waals surface area contributed by atoms with Crippen LogP contribution in [-0.2, 0) is 22.4 Å². The molecule has 4 N–H and O–H groups in total. The van der Waals surface area contributed by atoms with Crippen molar-refractivity contribution in [1.82, 2.24) is 30.4 Å². The Bertz CT molecular complexity index is 1520. The Balaban J connectivity index is 1.38. The summed E-state index contributed by atoms with van der Waals surface area (Å²) in [6, 6.07) is 4.00. The lowest BCUT2D eigenvalue weighted by molar-refractivity contribution is -0.133.